The summed E-state index contributed by atoms with van der Waals surface area (Å²) in [6.45, 7) is 0. The number of hydrogen-bond donors (Lipinski definition) is 2. The minimum Gasteiger partial charge on any atom is -0.461 e. The first-order valence-electron chi connectivity index (χ1n) is 4.74. The molecular formula is C9H6BN5O2. The lowest BCUT2D eigenvalue weighted by atomic mass is 9.99. The molecule has 0 aliphatic carbocycles. The number of furan rings is 1. The third-order valence-electron chi connectivity index (χ3n) is 2.32. The Bertz CT molecular complexity index is 743. The summed E-state index contributed by atoms with van der Waals surface area (Å²) in [6, 6.07) is 3.44. The summed E-state index contributed by atoms with van der Waals surface area (Å²) in [7, 11) is 5.59. The van der Waals surface area contributed by atoms with Gasteiger partial charge in [-0.05, 0) is 12.1 Å². The molecule has 0 saturated carbocycles. The Morgan fingerprint density at radius 1 is 1.47 bits per heavy atom. The molecule has 17 heavy (non-hydrogen) atoms. The van der Waals surface area contributed by atoms with E-state index in [9.17, 15) is 4.79 Å². The van der Waals surface area contributed by atoms with E-state index in [1.54, 1.807) is 12.1 Å². The maximum absolute atomic E-state index is 11.3. The number of anilines is 1. The molecular weight excluding hydrogens is 221 g/mol. The van der Waals surface area contributed by atoms with Gasteiger partial charge in [-0.3, -0.25) is 9.89 Å². The van der Waals surface area contributed by atoms with Gasteiger partial charge >= 0.3 is 0 Å². The second-order valence-corrected chi connectivity index (χ2v) is 3.40. The monoisotopic (exact) mass is 227 g/mol. The number of nitrogens with zero attached hydrogens (tertiary/aromatic N) is 3. The van der Waals surface area contributed by atoms with Crippen LogP contribution in [0.3, 0.4) is 0 Å². The Labute approximate surface area is 95.7 Å². The van der Waals surface area contributed by atoms with Gasteiger partial charge in [-0.25, -0.2) is 9.50 Å². The maximum atomic E-state index is 11.3. The molecule has 3 aromatic heterocycles. The quantitative estimate of drug-likeness (QED) is 0.522. The van der Waals surface area contributed by atoms with E-state index in [-0.39, 0.29) is 17.1 Å². The lowest BCUT2D eigenvalue weighted by Gasteiger charge is -1.98. The van der Waals surface area contributed by atoms with E-state index < -0.39 is 5.56 Å². The maximum Gasteiger partial charge on any atom is 0.269 e. The molecule has 0 atom stereocenters. The molecule has 3 rings (SSSR count). The van der Waals surface area contributed by atoms with Crippen LogP contribution in [0.1, 0.15) is 0 Å². The van der Waals surface area contributed by atoms with Gasteiger partial charge in [0.25, 0.3) is 5.56 Å². The number of nitrogen functional groups attached to an aromatic ring is 1. The molecule has 3 N–H and O–H groups in total. The molecule has 0 aliphatic rings. The van der Waals surface area contributed by atoms with Crippen molar-refractivity contribution in [2.24, 2.45) is 0 Å². The standard InChI is InChI=1S/C9H6BN5O2/c10-5-7-12-6(4-2-1-3-17-4)14-15(7)9(11)13-8(5)16/h1-3H,(H,12,14)(H2,11,13,16). The summed E-state index contributed by atoms with van der Waals surface area (Å²) < 4.78 is 6.50. The average molecular weight is 227 g/mol. The average Bonchev–Trinajstić information content (AvgIpc) is 2.94. The highest BCUT2D eigenvalue weighted by Gasteiger charge is 2.12. The molecule has 3 aromatic rings. The fourth-order valence-corrected chi connectivity index (χ4v) is 1.52. The van der Waals surface area contributed by atoms with Crippen molar-refractivity contribution in [1.82, 2.24) is 19.6 Å². The summed E-state index contributed by atoms with van der Waals surface area (Å²) in [6.07, 6.45) is 1.51. The SMILES string of the molecule is [B]c1c(=O)nc(N)n2[nH]c(-c3ccco3)nc12. The van der Waals surface area contributed by atoms with E-state index >= 15 is 0 Å². The van der Waals surface area contributed by atoms with Gasteiger partial charge in [-0.1, -0.05) is 0 Å². The summed E-state index contributed by atoms with van der Waals surface area (Å²) in [4.78, 5) is 19.0. The first-order chi connectivity index (χ1) is 8.16. The second kappa shape index (κ2) is 3.24. The Balaban J connectivity index is 2.37. The van der Waals surface area contributed by atoms with Crippen molar-refractivity contribution in [1.29, 1.82) is 0 Å². The van der Waals surface area contributed by atoms with Crippen molar-refractivity contribution in [3.63, 3.8) is 0 Å². The van der Waals surface area contributed by atoms with Gasteiger partial charge in [-0.2, -0.15) is 4.98 Å². The van der Waals surface area contributed by atoms with Crippen LogP contribution in [0.2, 0.25) is 0 Å². The van der Waals surface area contributed by atoms with E-state index in [1.165, 1.54) is 10.8 Å². The van der Waals surface area contributed by atoms with E-state index in [2.05, 4.69) is 15.1 Å². The van der Waals surface area contributed by atoms with E-state index in [1.807, 2.05) is 0 Å². The first-order valence-corrected chi connectivity index (χ1v) is 4.74. The van der Waals surface area contributed by atoms with Crippen LogP contribution in [0.15, 0.2) is 27.6 Å². The molecule has 8 heteroatoms. The van der Waals surface area contributed by atoms with E-state index in [4.69, 9.17) is 18.0 Å². The van der Waals surface area contributed by atoms with Crippen LogP contribution in [0.5, 0.6) is 0 Å². The summed E-state index contributed by atoms with van der Waals surface area (Å²) >= 11 is 0. The topological polar surface area (TPSA) is 102 Å². The molecule has 3 heterocycles. The van der Waals surface area contributed by atoms with E-state index in [0.717, 1.165) is 0 Å². The Morgan fingerprint density at radius 2 is 2.29 bits per heavy atom. The van der Waals surface area contributed by atoms with Crippen LogP contribution in [-0.2, 0) is 0 Å². The molecule has 82 valence electrons. The van der Waals surface area contributed by atoms with E-state index in [0.29, 0.717) is 11.6 Å². The van der Waals surface area contributed by atoms with Crippen LogP contribution in [0.25, 0.3) is 17.2 Å². The highest BCUT2D eigenvalue weighted by Crippen LogP contribution is 2.15. The molecule has 0 amide bonds. The van der Waals surface area contributed by atoms with Crippen LogP contribution >= 0.6 is 0 Å². The molecule has 0 bridgehead atoms. The van der Waals surface area contributed by atoms with Crippen LogP contribution in [-0.4, -0.2) is 27.4 Å². The van der Waals surface area contributed by atoms with Crippen molar-refractivity contribution in [2.45, 2.75) is 0 Å². The van der Waals surface area contributed by atoms with Gasteiger partial charge < -0.3 is 10.2 Å². The highest BCUT2D eigenvalue weighted by molar-refractivity contribution is 6.35. The van der Waals surface area contributed by atoms with Crippen molar-refractivity contribution in [2.75, 3.05) is 5.73 Å². The number of aromatic amines is 1. The fourth-order valence-electron chi connectivity index (χ4n) is 1.52. The van der Waals surface area contributed by atoms with Gasteiger partial charge in [0.2, 0.25) is 5.95 Å². The van der Waals surface area contributed by atoms with Crippen LogP contribution < -0.4 is 16.8 Å². The van der Waals surface area contributed by atoms with Gasteiger partial charge in [0.15, 0.2) is 17.2 Å². The predicted octanol–water partition coefficient (Wildman–Crippen LogP) is -0.946. The predicted molar refractivity (Wildman–Crippen MR) is 61.1 cm³/mol. The molecule has 2 radical (unpaired) electrons. The minimum atomic E-state index is -0.597. The van der Waals surface area contributed by atoms with Crippen molar-refractivity contribution in [3.05, 3.63) is 28.7 Å². The summed E-state index contributed by atoms with van der Waals surface area (Å²) in [5.74, 6) is 0.922. The van der Waals surface area contributed by atoms with Gasteiger partial charge in [0, 0.05) is 5.46 Å². The summed E-state index contributed by atoms with van der Waals surface area (Å²) in [5.41, 5.74) is 5.16. The minimum absolute atomic E-state index is 0.00972. The molecule has 0 aliphatic heterocycles. The lowest BCUT2D eigenvalue weighted by Crippen LogP contribution is -2.31. The normalized spacial score (nSPS) is 11.1. The van der Waals surface area contributed by atoms with Crippen molar-refractivity contribution in [3.8, 4) is 11.6 Å². The molecule has 0 spiro atoms. The number of aromatic nitrogens is 4. The molecule has 0 fully saturated rings. The number of hydrogen-bond acceptors (Lipinski definition) is 5. The molecule has 0 unspecified atom stereocenters. The third-order valence-corrected chi connectivity index (χ3v) is 2.32. The lowest BCUT2D eigenvalue weighted by molar-refractivity contribution is 0.577. The van der Waals surface area contributed by atoms with Crippen LogP contribution in [0.4, 0.5) is 5.95 Å². The number of rotatable bonds is 1. The first kappa shape index (κ1) is 9.70. The molecule has 7 nitrogen and oxygen atoms in total. The zero-order valence-corrected chi connectivity index (χ0v) is 8.54. The molecule has 0 aromatic carbocycles. The Hall–Kier alpha value is -2.51. The van der Waals surface area contributed by atoms with Crippen LogP contribution in [0, 0.1) is 0 Å². The smallest absolute Gasteiger partial charge is 0.269 e. The van der Waals surface area contributed by atoms with Crippen molar-refractivity contribution < 1.29 is 4.42 Å². The van der Waals surface area contributed by atoms with Gasteiger partial charge in [0.05, 0.1) is 6.26 Å². The third kappa shape index (κ3) is 1.34. The number of H-pyrrole nitrogens is 1. The Morgan fingerprint density at radius 3 is 3.00 bits per heavy atom. The fraction of sp³-hybridized carbons (Fsp3) is 0. The zero-order valence-electron chi connectivity index (χ0n) is 8.54. The largest absolute Gasteiger partial charge is 0.461 e. The second-order valence-electron chi connectivity index (χ2n) is 3.40. The highest BCUT2D eigenvalue weighted by atomic mass is 16.3. The number of nitrogens with one attached hydrogen (secondary N) is 1. The van der Waals surface area contributed by atoms with Crippen molar-refractivity contribution >= 4 is 24.9 Å². The Kier molecular flexibility index (Phi) is 1.85. The summed E-state index contributed by atoms with van der Waals surface area (Å²) in [5, 5.41) is 2.84. The molecule has 0 saturated heterocycles. The number of nitrogens with two attached hydrogens (primary N) is 1. The number of fused-ring (bicyclic) bond motifs is 1. The van der Waals surface area contributed by atoms with Gasteiger partial charge in [-0.15, -0.1) is 0 Å². The van der Waals surface area contributed by atoms with Gasteiger partial charge in [0.1, 0.15) is 7.85 Å². The zero-order chi connectivity index (χ0) is 12.0.